The van der Waals surface area contributed by atoms with Crippen LogP contribution in [-0.2, 0) is 19.1 Å². The van der Waals surface area contributed by atoms with Gasteiger partial charge in [-0.3, -0.25) is 9.59 Å². The van der Waals surface area contributed by atoms with Gasteiger partial charge in [0, 0.05) is 29.4 Å². The molecular formula is C20H20ClF3O5. The Labute approximate surface area is 170 Å². The van der Waals surface area contributed by atoms with Crippen LogP contribution in [0.5, 0.6) is 0 Å². The third-order valence-corrected chi connectivity index (χ3v) is 5.57. The van der Waals surface area contributed by atoms with Crippen LogP contribution >= 0.6 is 11.6 Å². The summed E-state index contributed by atoms with van der Waals surface area (Å²) >= 11 is 5.88. The van der Waals surface area contributed by atoms with Crippen LogP contribution < -0.4 is 0 Å². The average molecular weight is 433 g/mol. The fourth-order valence-electron chi connectivity index (χ4n) is 4.05. The number of ether oxygens (including phenoxy) is 2. The van der Waals surface area contributed by atoms with Crippen molar-refractivity contribution in [2.75, 3.05) is 7.11 Å². The van der Waals surface area contributed by atoms with Crippen LogP contribution in [0.3, 0.4) is 0 Å². The molecule has 0 aromatic heterocycles. The first-order chi connectivity index (χ1) is 13.3. The lowest BCUT2D eigenvalue weighted by Gasteiger charge is -2.47. The number of ketones is 1. The van der Waals surface area contributed by atoms with Gasteiger partial charge in [-0.05, 0) is 23.1 Å². The van der Waals surface area contributed by atoms with Gasteiger partial charge in [0.15, 0.2) is 5.78 Å². The van der Waals surface area contributed by atoms with Crippen LogP contribution in [0.15, 0.2) is 35.6 Å². The van der Waals surface area contributed by atoms with E-state index >= 15 is 0 Å². The molecule has 3 rings (SSSR count). The van der Waals surface area contributed by atoms with E-state index in [2.05, 4.69) is 4.74 Å². The number of Topliss-reactive ketones (excluding diaryl/α,β-unsaturated/α-hetero) is 1. The fourth-order valence-corrected chi connectivity index (χ4v) is 4.17. The number of halogens is 4. The number of allylic oxidation sites excluding steroid dienone is 2. The number of benzene rings is 1. The van der Waals surface area contributed by atoms with E-state index in [1.165, 1.54) is 24.3 Å². The minimum absolute atomic E-state index is 0.00441. The van der Waals surface area contributed by atoms with Gasteiger partial charge in [-0.25, -0.2) is 0 Å². The molecule has 0 bridgehead atoms. The molecule has 1 heterocycles. The lowest BCUT2D eigenvalue weighted by Crippen LogP contribution is -2.61. The van der Waals surface area contributed by atoms with Crippen molar-refractivity contribution in [3.8, 4) is 0 Å². The molecule has 1 N–H and O–H groups in total. The van der Waals surface area contributed by atoms with E-state index in [-0.39, 0.29) is 29.7 Å². The van der Waals surface area contributed by atoms with E-state index in [9.17, 15) is 27.9 Å². The highest BCUT2D eigenvalue weighted by molar-refractivity contribution is 6.30. The highest BCUT2D eigenvalue weighted by Gasteiger charge is 2.70. The average Bonchev–Trinajstić information content (AvgIpc) is 2.58. The highest BCUT2D eigenvalue weighted by Crippen LogP contribution is 2.56. The summed E-state index contributed by atoms with van der Waals surface area (Å²) in [5, 5.41) is 11.0. The Morgan fingerprint density at radius 1 is 1.24 bits per heavy atom. The monoisotopic (exact) mass is 432 g/mol. The van der Waals surface area contributed by atoms with Crippen molar-refractivity contribution in [3.05, 3.63) is 46.2 Å². The van der Waals surface area contributed by atoms with Gasteiger partial charge < -0.3 is 14.6 Å². The van der Waals surface area contributed by atoms with Gasteiger partial charge in [-0.15, -0.1) is 0 Å². The van der Waals surface area contributed by atoms with Gasteiger partial charge in [0.1, 0.15) is 11.7 Å². The molecule has 1 aliphatic heterocycles. The first-order valence-electron chi connectivity index (χ1n) is 8.88. The number of esters is 1. The lowest BCUT2D eigenvalue weighted by molar-refractivity contribution is -0.378. The molecule has 0 saturated heterocycles. The summed E-state index contributed by atoms with van der Waals surface area (Å²) in [5.41, 5.74) is -0.488. The summed E-state index contributed by atoms with van der Waals surface area (Å²) in [4.78, 5) is 25.4. The Morgan fingerprint density at radius 2 is 1.83 bits per heavy atom. The van der Waals surface area contributed by atoms with E-state index in [4.69, 9.17) is 16.3 Å². The third kappa shape index (κ3) is 3.64. The maximum absolute atomic E-state index is 14.0. The quantitative estimate of drug-likeness (QED) is 0.711. The minimum Gasteiger partial charge on any atom is -0.469 e. The van der Waals surface area contributed by atoms with E-state index in [0.29, 0.717) is 5.02 Å². The number of aliphatic hydroxyl groups is 1. The summed E-state index contributed by atoms with van der Waals surface area (Å²) in [6, 6.07) is 5.71. The van der Waals surface area contributed by atoms with Crippen molar-refractivity contribution in [2.45, 2.75) is 44.6 Å². The van der Waals surface area contributed by atoms with Gasteiger partial charge >= 0.3 is 17.9 Å². The van der Waals surface area contributed by atoms with Gasteiger partial charge in [-0.1, -0.05) is 37.6 Å². The predicted octanol–water partition coefficient (Wildman–Crippen LogP) is 4.14. The first kappa shape index (κ1) is 21.6. The number of alkyl halides is 3. The molecule has 0 unspecified atom stereocenters. The van der Waals surface area contributed by atoms with Crippen LogP contribution in [0.4, 0.5) is 13.2 Å². The molecular weight excluding hydrogens is 413 g/mol. The van der Waals surface area contributed by atoms with Crippen LogP contribution in [0, 0.1) is 11.3 Å². The third-order valence-electron chi connectivity index (χ3n) is 5.31. The minimum atomic E-state index is -5.32. The van der Waals surface area contributed by atoms with E-state index in [0.717, 1.165) is 7.11 Å². The SMILES string of the molecule is COC(=O)[C@@H]1[C@@H](c2ccc(Cl)cc2)C2=C(CC(C)(C)CC2=O)O[C@@]1(O)C(F)(F)F. The Hall–Kier alpha value is -2.06. The molecule has 0 fully saturated rings. The molecule has 1 aliphatic carbocycles. The molecule has 0 amide bonds. The van der Waals surface area contributed by atoms with Crippen molar-refractivity contribution < 1.29 is 37.3 Å². The number of carbonyl (C=O) groups is 2. The second-order valence-corrected chi connectivity index (χ2v) is 8.54. The van der Waals surface area contributed by atoms with Crippen molar-refractivity contribution in [3.63, 3.8) is 0 Å². The summed E-state index contributed by atoms with van der Waals surface area (Å²) in [7, 11) is 0.910. The Balaban J connectivity index is 2.31. The van der Waals surface area contributed by atoms with Gasteiger partial charge in [0.2, 0.25) is 0 Å². The number of methoxy groups -OCH3 is 1. The Morgan fingerprint density at radius 3 is 2.34 bits per heavy atom. The highest BCUT2D eigenvalue weighted by atomic mass is 35.5. The second kappa shape index (κ2) is 7.02. The zero-order valence-corrected chi connectivity index (χ0v) is 16.7. The maximum atomic E-state index is 14.0. The molecule has 9 heteroatoms. The zero-order chi connectivity index (χ0) is 21.8. The predicted molar refractivity (Wildman–Crippen MR) is 96.8 cm³/mol. The fraction of sp³-hybridized carbons (Fsp3) is 0.500. The molecule has 158 valence electrons. The van der Waals surface area contributed by atoms with E-state index in [1.54, 1.807) is 13.8 Å². The molecule has 1 aromatic rings. The second-order valence-electron chi connectivity index (χ2n) is 8.10. The van der Waals surface area contributed by atoms with Crippen molar-refractivity contribution in [1.82, 2.24) is 0 Å². The normalized spacial score (nSPS) is 29.2. The van der Waals surface area contributed by atoms with E-state index < -0.39 is 41.0 Å². The zero-order valence-electron chi connectivity index (χ0n) is 16.0. The van der Waals surface area contributed by atoms with E-state index in [1.807, 2.05) is 0 Å². The molecule has 29 heavy (non-hydrogen) atoms. The molecule has 2 aliphatic rings. The maximum Gasteiger partial charge on any atom is 0.456 e. The summed E-state index contributed by atoms with van der Waals surface area (Å²) in [6.07, 6.45) is -5.25. The van der Waals surface area contributed by atoms with Gasteiger partial charge in [0.25, 0.3) is 0 Å². The standard InChI is InChI=1S/C20H20ClF3O5/c1-18(2)8-12(25)15-13(9-18)29-19(27,20(22,23)24)16(17(26)28-3)14(15)10-4-6-11(21)7-5-10/h4-7,14,16,27H,8-9H2,1-3H3/t14-,16-,19+/m0/s1. The van der Waals surface area contributed by atoms with Crippen LogP contribution in [0.2, 0.25) is 5.02 Å². The lowest BCUT2D eigenvalue weighted by atomic mass is 9.66. The number of hydrogen-bond donors (Lipinski definition) is 1. The molecule has 1 aromatic carbocycles. The van der Waals surface area contributed by atoms with Gasteiger partial charge in [0.05, 0.1) is 7.11 Å². The number of hydrogen-bond acceptors (Lipinski definition) is 5. The molecule has 5 nitrogen and oxygen atoms in total. The molecule has 0 spiro atoms. The smallest absolute Gasteiger partial charge is 0.456 e. The van der Waals surface area contributed by atoms with Crippen LogP contribution in [0.1, 0.15) is 38.2 Å². The molecule has 3 atom stereocenters. The topological polar surface area (TPSA) is 72.8 Å². The largest absolute Gasteiger partial charge is 0.469 e. The van der Waals surface area contributed by atoms with Crippen molar-refractivity contribution in [1.29, 1.82) is 0 Å². The van der Waals surface area contributed by atoms with Crippen LogP contribution in [0.25, 0.3) is 0 Å². The molecule has 0 radical (unpaired) electrons. The Kier molecular flexibility index (Phi) is 5.24. The van der Waals surface area contributed by atoms with Crippen molar-refractivity contribution in [2.24, 2.45) is 11.3 Å². The number of rotatable bonds is 2. The summed E-state index contributed by atoms with van der Waals surface area (Å²) < 4.78 is 51.5. The molecule has 0 saturated carbocycles. The van der Waals surface area contributed by atoms with Crippen LogP contribution in [-0.4, -0.2) is 35.9 Å². The Bertz CT molecular complexity index is 875. The van der Waals surface area contributed by atoms with Gasteiger partial charge in [-0.2, -0.15) is 13.2 Å². The van der Waals surface area contributed by atoms with Crippen molar-refractivity contribution >= 4 is 23.4 Å². The first-order valence-corrected chi connectivity index (χ1v) is 9.26. The summed E-state index contributed by atoms with van der Waals surface area (Å²) in [5.74, 6) is -9.51. The summed E-state index contributed by atoms with van der Waals surface area (Å²) in [6.45, 7) is 3.43. The number of carbonyl (C=O) groups excluding carboxylic acids is 2.